The minimum Gasteiger partial charge on any atom is -0.341 e. The van der Waals surface area contributed by atoms with Gasteiger partial charge in [0.2, 0.25) is 5.43 Å². The van der Waals surface area contributed by atoms with E-state index < -0.39 is 22.8 Å². The van der Waals surface area contributed by atoms with Crippen LogP contribution in [0.1, 0.15) is 17.3 Å². The third kappa shape index (κ3) is 3.36. The Hall–Kier alpha value is -2.06. The second-order valence-electron chi connectivity index (χ2n) is 5.32. The number of hydrogen-bond acceptors (Lipinski definition) is 3. The molecule has 2 N–H and O–H groups in total. The van der Waals surface area contributed by atoms with Crippen LogP contribution in [0.2, 0.25) is 0 Å². The summed E-state index contributed by atoms with van der Waals surface area (Å²) in [6.45, 7) is 1.25. The number of H-pyrrole nitrogens is 1. The predicted molar refractivity (Wildman–Crippen MR) is 99.6 cm³/mol. The molecule has 128 valence electrons. The molecule has 0 atom stereocenters. The number of carbonyl (C=O) groups is 1. The van der Waals surface area contributed by atoms with Gasteiger partial charge in [-0.25, -0.2) is 8.78 Å². The van der Waals surface area contributed by atoms with Crippen molar-refractivity contribution in [2.75, 3.05) is 5.32 Å². The summed E-state index contributed by atoms with van der Waals surface area (Å²) in [6, 6.07) is 6.26. The first-order valence-electron chi connectivity index (χ1n) is 7.06. The molecule has 0 aliphatic rings. The summed E-state index contributed by atoms with van der Waals surface area (Å²) in [5.74, 6) is -1.97. The van der Waals surface area contributed by atoms with E-state index in [1.807, 2.05) is 0 Å². The van der Waals surface area contributed by atoms with E-state index in [0.717, 1.165) is 18.2 Å². The van der Waals surface area contributed by atoms with Gasteiger partial charge < -0.3 is 10.3 Å². The summed E-state index contributed by atoms with van der Waals surface area (Å²) in [6.07, 6.45) is 0. The lowest BCUT2D eigenvalue weighted by Crippen LogP contribution is -2.18. The van der Waals surface area contributed by atoms with Gasteiger partial charge in [-0.1, -0.05) is 0 Å². The summed E-state index contributed by atoms with van der Waals surface area (Å²) in [4.78, 5) is 27.8. The van der Waals surface area contributed by atoms with Crippen LogP contribution in [0.15, 0.2) is 44.1 Å². The zero-order valence-corrected chi connectivity index (χ0v) is 15.9. The van der Waals surface area contributed by atoms with Crippen molar-refractivity contribution in [3.8, 4) is 0 Å². The quantitative estimate of drug-likeness (QED) is 0.511. The van der Waals surface area contributed by atoms with E-state index in [1.165, 1.54) is 6.92 Å². The molecule has 0 fully saturated rings. The van der Waals surface area contributed by atoms with Gasteiger partial charge in [-0.15, -0.1) is 0 Å². The summed E-state index contributed by atoms with van der Waals surface area (Å²) in [5.41, 5.74) is -0.102. The Kier molecular flexibility index (Phi) is 4.75. The molecule has 0 amide bonds. The monoisotopic (exact) mass is 470 g/mol. The number of rotatable bonds is 3. The lowest BCUT2D eigenvalue weighted by atomic mass is 10.1. The maximum atomic E-state index is 13.4. The van der Waals surface area contributed by atoms with E-state index >= 15 is 0 Å². The number of aromatic nitrogens is 1. The molecule has 25 heavy (non-hydrogen) atoms. The van der Waals surface area contributed by atoms with Crippen molar-refractivity contribution in [2.24, 2.45) is 0 Å². The number of aromatic amines is 1. The summed E-state index contributed by atoms with van der Waals surface area (Å²) >= 11 is 6.65. The topological polar surface area (TPSA) is 62.0 Å². The average Bonchev–Trinajstić information content (AvgIpc) is 2.49. The van der Waals surface area contributed by atoms with Crippen LogP contribution in [0, 0.1) is 11.6 Å². The Morgan fingerprint density at radius 3 is 2.28 bits per heavy atom. The van der Waals surface area contributed by atoms with Crippen molar-refractivity contribution in [3.05, 3.63) is 66.7 Å². The van der Waals surface area contributed by atoms with Crippen molar-refractivity contribution >= 4 is 60.1 Å². The van der Waals surface area contributed by atoms with E-state index in [1.54, 1.807) is 12.1 Å². The molecule has 2 aromatic carbocycles. The normalized spacial score (nSPS) is 10.9. The number of pyridine rings is 1. The Bertz CT molecular complexity index is 1060. The largest absolute Gasteiger partial charge is 0.341 e. The minimum atomic E-state index is -0.779. The molecule has 0 bridgehead atoms. The fourth-order valence-corrected chi connectivity index (χ4v) is 3.46. The fourth-order valence-electron chi connectivity index (χ4n) is 2.52. The van der Waals surface area contributed by atoms with Crippen LogP contribution in [-0.2, 0) is 0 Å². The molecule has 4 nitrogen and oxygen atoms in total. The molecule has 0 aliphatic carbocycles. The highest BCUT2D eigenvalue weighted by Gasteiger charge is 2.19. The van der Waals surface area contributed by atoms with Crippen LogP contribution in [0.5, 0.6) is 0 Å². The molecule has 1 aromatic heterocycles. The molecule has 0 radical (unpaired) electrons. The van der Waals surface area contributed by atoms with Crippen molar-refractivity contribution in [1.29, 1.82) is 0 Å². The molecule has 0 aliphatic heterocycles. The van der Waals surface area contributed by atoms with Crippen molar-refractivity contribution in [1.82, 2.24) is 4.98 Å². The molecule has 3 aromatic rings. The van der Waals surface area contributed by atoms with Crippen LogP contribution >= 0.6 is 31.9 Å². The molecule has 0 saturated heterocycles. The summed E-state index contributed by atoms with van der Waals surface area (Å²) in [5, 5.41) is 3.02. The Balaban J connectivity index is 2.30. The van der Waals surface area contributed by atoms with Gasteiger partial charge >= 0.3 is 0 Å². The second kappa shape index (κ2) is 6.68. The lowest BCUT2D eigenvalue weighted by molar-refractivity contribution is 0.101. The van der Waals surface area contributed by atoms with E-state index in [4.69, 9.17) is 0 Å². The van der Waals surface area contributed by atoms with Gasteiger partial charge in [-0.05, 0) is 63.0 Å². The van der Waals surface area contributed by atoms with Crippen LogP contribution in [0.4, 0.5) is 20.3 Å². The second-order valence-corrected chi connectivity index (χ2v) is 7.03. The number of ketones is 1. The first-order valence-corrected chi connectivity index (χ1v) is 8.64. The Morgan fingerprint density at radius 2 is 1.68 bits per heavy atom. The lowest BCUT2D eigenvalue weighted by Gasteiger charge is -2.13. The van der Waals surface area contributed by atoms with Crippen molar-refractivity contribution in [3.63, 3.8) is 0 Å². The standard InChI is InChI=1S/C17H10Br2F2N2O2/c1-7(24)13-16(25)14-11(18)2-3-12(19)15(14)23-17(13)22-10-5-8(20)4-9(21)6-10/h2-6H,1H3,(H2,22,23,25). The molecular weight excluding hydrogens is 462 g/mol. The highest BCUT2D eigenvalue weighted by Crippen LogP contribution is 2.30. The van der Waals surface area contributed by atoms with Crippen LogP contribution in [0.25, 0.3) is 10.9 Å². The molecule has 8 heteroatoms. The minimum absolute atomic E-state index is 0.0637. The zero-order chi connectivity index (χ0) is 18.3. The summed E-state index contributed by atoms with van der Waals surface area (Å²) in [7, 11) is 0. The van der Waals surface area contributed by atoms with Crippen LogP contribution in [-0.4, -0.2) is 10.8 Å². The number of Topliss-reactive ketones (excluding diaryl/α,β-unsaturated/α-hetero) is 1. The average molecular weight is 472 g/mol. The summed E-state index contributed by atoms with van der Waals surface area (Å²) < 4.78 is 27.9. The number of halogens is 4. The fraction of sp³-hybridized carbons (Fsp3) is 0.0588. The highest BCUT2D eigenvalue weighted by molar-refractivity contribution is 9.11. The first-order chi connectivity index (χ1) is 11.8. The maximum Gasteiger partial charge on any atom is 0.203 e. The molecular formula is C17H10Br2F2N2O2. The zero-order valence-electron chi connectivity index (χ0n) is 12.7. The number of anilines is 2. The van der Waals surface area contributed by atoms with Gasteiger partial charge in [0.1, 0.15) is 23.0 Å². The van der Waals surface area contributed by atoms with Gasteiger partial charge in [-0.2, -0.15) is 0 Å². The molecule has 0 spiro atoms. The molecule has 0 saturated carbocycles. The number of hydrogen-bond donors (Lipinski definition) is 2. The van der Waals surface area contributed by atoms with Crippen molar-refractivity contribution < 1.29 is 13.6 Å². The Morgan fingerprint density at radius 1 is 1.08 bits per heavy atom. The number of carbonyl (C=O) groups excluding carboxylic acids is 1. The van der Waals surface area contributed by atoms with Gasteiger partial charge in [0.25, 0.3) is 0 Å². The van der Waals surface area contributed by atoms with Gasteiger partial charge in [0.05, 0.1) is 10.9 Å². The van der Waals surface area contributed by atoms with E-state index in [2.05, 4.69) is 42.2 Å². The third-order valence-electron chi connectivity index (χ3n) is 3.54. The molecule has 0 unspecified atom stereocenters. The SMILES string of the molecule is CC(=O)c1c(Nc2cc(F)cc(F)c2)[nH]c2c(Br)ccc(Br)c2c1=O. The predicted octanol–water partition coefficient (Wildman–Crippen LogP) is 5.28. The number of nitrogens with one attached hydrogen (secondary N) is 2. The number of fused-ring (bicyclic) bond motifs is 1. The van der Waals surface area contributed by atoms with Crippen LogP contribution < -0.4 is 10.7 Å². The van der Waals surface area contributed by atoms with Gasteiger partial charge in [-0.3, -0.25) is 9.59 Å². The van der Waals surface area contributed by atoms with E-state index in [0.29, 0.717) is 19.8 Å². The number of benzene rings is 2. The molecule has 3 rings (SSSR count). The van der Waals surface area contributed by atoms with E-state index in [-0.39, 0.29) is 17.1 Å². The van der Waals surface area contributed by atoms with Crippen LogP contribution in [0.3, 0.4) is 0 Å². The van der Waals surface area contributed by atoms with Crippen molar-refractivity contribution in [2.45, 2.75) is 6.92 Å². The van der Waals surface area contributed by atoms with E-state index in [9.17, 15) is 18.4 Å². The van der Waals surface area contributed by atoms with Gasteiger partial charge in [0, 0.05) is 20.7 Å². The first kappa shape index (κ1) is 17.8. The maximum absolute atomic E-state index is 13.4. The highest BCUT2D eigenvalue weighted by atomic mass is 79.9. The Labute approximate surface area is 157 Å². The van der Waals surface area contributed by atoms with Gasteiger partial charge in [0.15, 0.2) is 5.78 Å². The molecule has 1 heterocycles. The third-order valence-corrected chi connectivity index (χ3v) is 4.86. The smallest absolute Gasteiger partial charge is 0.203 e.